The second-order valence-corrected chi connectivity index (χ2v) is 3.09. The van der Waals surface area contributed by atoms with E-state index in [1.807, 2.05) is 6.26 Å². The molecule has 0 aliphatic carbocycles. The minimum atomic E-state index is 0.473. The SMILES string of the molecule is CSc1cc(N)nc2n[nH]nc12. The number of nitrogens with two attached hydrogens (primary N) is 1. The monoisotopic (exact) mass is 181 g/mol. The van der Waals surface area contributed by atoms with Crippen molar-refractivity contribution < 1.29 is 0 Å². The molecule has 0 bridgehead atoms. The summed E-state index contributed by atoms with van der Waals surface area (Å²) in [6.45, 7) is 0. The molecule has 2 heterocycles. The minimum Gasteiger partial charge on any atom is -0.384 e. The fraction of sp³-hybridized carbons (Fsp3) is 0.167. The van der Waals surface area contributed by atoms with Gasteiger partial charge in [0, 0.05) is 4.90 Å². The number of fused-ring (bicyclic) bond motifs is 1. The standard InChI is InChI=1S/C6H7N5S/c1-12-3-2-4(7)8-6-5(3)9-11-10-6/h2H,1H3,(H3,7,8,9,10,11). The summed E-state index contributed by atoms with van der Waals surface area (Å²) in [6.07, 6.45) is 1.96. The summed E-state index contributed by atoms with van der Waals surface area (Å²) in [4.78, 5) is 5.00. The number of nitrogens with one attached hydrogen (secondary N) is 1. The van der Waals surface area contributed by atoms with Crippen molar-refractivity contribution >= 4 is 28.7 Å². The first-order valence-electron chi connectivity index (χ1n) is 3.32. The molecule has 2 aromatic heterocycles. The molecule has 6 heteroatoms. The number of hydrogen-bond acceptors (Lipinski definition) is 5. The lowest BCUT2D eigenvalue weighted by molar-refractivity contribution is 0.953. The normalized spacial score (nSPS) is 10.8. The lowest BCUT2D eigenvalue weighted by atomic mass is 10.4. The zero-order valence-electron chi connectivity index (χ0n) is 6.40. The van der Waals surface area contributed by atoms with Gasteiger partial charge in [-0.3, -0.25) is 0 Å². The van der Waals surface area contributed by atoms with Crippen LogP contribution in [0.3, 0.4) is 0 Å². The Morgan fingerprint density at radius 3 is 3.08 bits per heavy atom. The van der Waals surface area contributed by atoms with Crippen LogP contribution in [0.15, 0.2) is 11.0 Å². The number of hydrogen-bond donors (Lipinski definition) is 2. The van der Waals surface area contributed by atoms with Crippen molar-refractivity contribution in [2.24, 2.45) is 0 Å². The van der Waals surface area contributed by atoms with Crippen LogP contribution in [-0.2, 0) is 0 Å². The van der Waals surface area contributed by atoms with E-state index in [1.165, 1.54) is 0 Å². The van der Waals surface area contributed by atoms with Gasteiger partial charge in [0.1, 0.15) is 11.3 Å². The van der Waals surface area contributed by atoms with Gasteiger partial charge in [0.15, 0.2) is 0 Å². The summed E-state index contributed by atoms with van der Waals surface area (Å²) in [6, 6.07) is 1.79. The Morgan fingerprint density at radius 1 is 1.50 bits per heavy atom. The van der Waals surface area contributed by atoms with Gasteiger partial charge < -0.3 is 5.73 Å². The number of anilines is 1. The highest BCUT2D eigenvalue weighted by Gasteiger charge is 2.06. The topological polar surface area (TPSA) is 80.5 Å². The molecule has 2 aromatic rings. The highest BCUT2D eigenvalue weighted by Crippen LogP contribution is 2.23. The van der Waals surface area contributed by atoms with Crippen molar-refractivity contribution in [3.8, 4) is 0 Å². The van der Waals surface area contributed by atoms with Gasteiger partial charge in [-0.25, -0.2) is 4.98 Å². The molecule has 0 saturated heterocycles. The molecule has 0 aromatic carbocycles. The number of thioether (sulfide) groups is 1. The molecule has 5 nitrogen and oxygen atoms in total. The van der Waals surface area contributed by atoms with Gasteiger partial charge in [0.2, 0.25) is 5.65 Å². The van der Waals surface area contributed by atoms with Crippen molar-refractivity contribution in [3.63, 3.8) is 0 Å². The highest BCUT2D eigenvalue weighted by molar-refractivity contribution is 7.98. The van der Waals surface area contributed by atoms with Crippen LogP contribution in [0.2, 0.25) is 0 Å². The van der Waals surface area contributed by atoms with Gasteiger partial charge in [0.25, 0.3) is 0 Å². The summed E-state index contributed by atoms with van der Waals surface area (Å²) in [5, 5.41) is 10.3. The molecule has 0 amide bonds. The molecule has 0 atom stereocenters. The summed E-state index contributed by atoms with van der Waals surface area (Å²) < 4.78 is 0. The third kappa shape index (κ3) is 1.00. The summed E-state index contributed by atoms with van der Waals surface area (Å²) >= 11 is 1.57. The third-order valence-corrected chi connectivity index (χ3v) is 2.25. The zero-order chi connectivity index (χ0) is 8.55. The van der Waals surface area contributed by atoms with E-state index in [-0.39, 0.29) is 0 Å². The molecule has 0 saturated carbocycles. The van der Waals surface area contributed by atoms with Gasteiger partial charge in [-0.05, 0) is 12.3 Å². The Morgan fingerprint density at radius 2 is 2.33 bits per heavy atom. The lowest BCUT2D eigenvalue weighted by Crippen LogP contribution is -1.91. The largest absolute Gasteiger partial charge is 0.384 e. The first-order chi connectivity index (χ1) is 5.81. The predicted octanol–water partition coefficient (Wildman–Crippen LogP) is 0.657. The van der Waals surface area contributed by atoms with E-state index in [0.717, 1.165) is 10.4 Å². The average Bonchev–Trinajstić information content (AvgIpc) is 2.50. The molecular formula is C6H7N5S. The molecule has 0 radical (unpaired) electrons. The van der Waals surface area contributed by atoms with Crippen molar-refractivity contribution in [2.45, 2.75) is 4.90 Å². The molecule has 0 aliphatic rings. The van der Waals surface area contributed by atoms with E-state index in [1.54, 1.807) is 17.8 Å². The van der Waals surface area contributed by atoms with Crippen molar-refractivity contribution in [1.82, 2.24) is 20.4 Å². The van der Waals surface area contributed by atoms with Gasteiger partial charge in [-0.15, -0.1) is 16.9 Å². The molecule has 12 heavy (non-hydrogen) atoms. The van der Waals surface area contributed by atoms with Gasteiger partial charge in [-0.1, -0.05) is 0 Å². The van der Waals surface area contributed by atoms with E-state index in [4.69, 9.17) is 5.73 Å². The number of H-pyrrole nitrogens is 1. The number of pyridine rings is 1. The average molecular weight is 181 g/mol. The van der Waals surface area contributed by atoms with Crippen LogP contribution in [0.25, 0.3) is 11.2 Å². The van der Waals surface area contributed by atoms with Crippen molar-refractivity contribution in [3.05, 3.63) is 6.07 Å². The first-order valence-corrected chi connectivity index (χ1v) is 4.54. The molecule has 0 spiro atoms. The zero-order valence-corrected chi connectivity index (χ0v) is 7.22. The van der Waals surface area contributed by atoms with Crippen molar-refractivity contribution in [2.75, 3.05) is 12.0 Å². The minimum absolute atomic E-state index is 0.473. The Balaban J connectivity index is 2.80. The van der Waals surface area contributed by atoms with E-state index in [9.17, 15) is 0 Å². The van der Waals surface area contributed by atoms with Crippen LogP contribution in [0.1, 0.15) is 0 Å². The number of nitrogens with zero attached hydrogens (tertiary/aromatic N) is 3. The predicted molar refractivity (Wildman–Crippen MR) is 47.9 cm³/mol. The molecule has 0 unspecified atom stereocenters. The summed E-state index contributed by atoms with van der Waals surface area (Å²) in [5.41, 5.74) is 6.90. The second kappa shape index (κ2) is 2.63. The van der Waals surface area contributed by atoms with E-state index in [0.29, 0.717) is 11.5 Å². The van der Waals surface area contributed by atoms with E-state index >= 15 is 0 Å². The van der Waals surface area contributed by atoms with Gasteiger partial charge >= 0.3 is 0 Å². The third-order valence-electron chi connectivity index (χ3n) is 1.50. The van der Waals surface area contributed by atoms with Gasteiger partial charge in [-0.2, -0.15) is 10.3 Å². The van der Waals surface area contributed by atoms with Gasteiger partial charge in [0.05, 0.1) is 0 Å². The number of nitrogen functional groups attached to an aromatic ring is 1. The Kier molecular flexibility index (Phi) is 1.61. The lowest BCUT2D eigenvalue weighted by Gasteiger charge is -1.96. The molecule has 0 aliphatic heterocycles. The Bertz CT molecular complexity index is 409. The molecule has 0 fully saturated rings. The van der Waals surface area contributed by atoms with Crippen LogP contribution >= 0.6 is 11.8 Å². The van der Waals surface area contributed by atoms with Crippen LogP contribution in [0.5, 0.6) is 0 Å². The fourth-order valence-corrected chi connectivity index (χ4v) is 1.55. The molecule has 2 rings (SSSR count). The maximum atomic E-state index is 5.55. The Labute approximate surface area is 72.7 Å². The maximum absolute atomic E-state index is 5.55. The van der Waals surface area contributed by atoms with Crippen LogP contribution in [-0.4, -0.2) is 26.7 Å². The Hall–Kier alpha value is -1.30. The number of aromatic amines is 1. The quantitative estimate of drug-likeness (QED) is 0.631. The number of aromatic nitrogens is 4. The maximum Gasteiger partial charge on any atom is 0.204 e. The highest BCUT2D eigenvalue weighted by atomic mass is 32.2. The van der Waals surface area contributed by atoms with Crippen molar-refractivity contribution in [1.29, 1.82) is 0 Å². The number of rotatable bonds is 1. The van der Waals surface area contributed by atoms with E-state index in [2.05, 4.69) is 20.4 Å². The smallest absolute Gasteiger partial charge is 0.204 e. The molecule has 3 N–H and O–H groups in total. The first kappa shape index (κ1) is 7.35. The molecule has 62 valence electrons. The fourth-order valence-electron chi connectivity index (χ4n) is 0.981. The molecular weight excluding hydrogens is 174 g/mol. The van der Waals surface area contributed by atoms with E-state index < -0.39 is 0 Å². The van der Waals surface area contributed by atoms with Crippen LogP contribution in [0.4, 0.5) is 5.82 Å². The van der Waals surface area contributed by atoms with Crippen LogP contribution < -0.4 is 5.73 Å². The van der Waals surface area contributed by atoms with Crippen LogP contribution in [0, 0.1) is 0 Å². The summed E-state index contributed by atoms with van der Waals surface area (Å²) in [7, 11) is 0. The summed E-state index contributed by atoms with van der Waals surface area (Å²) in [5.74, 6) is 0.473. The second-order valence-electron chi connectivity index (χ2n) is 2.25.